The first-order valence-corrected chi connectivity index (χ1v) is 7.72. The second-order valence-corrected chi connectivity index (χ2v) is 6.67. The van der Waals surface area contributed by atoms with Crippen LogP contribution in [0.15, 0.2) is 0 Å². The quantitative estimate of drug-likeness (QED) is 0.842. The summed E-state index contributed by atoms with van der Waals surface area (Å²) in [7, 11) is 0. The molecule has 2 atom stereocenters. The lowest BCUT2D eigenvalue weighted by Gasteiger charge is -2.32. The standard InChI is InChI=1S/C13H25NO2S/c1-13(2,3)12(15)14-11(9-17-4)10-6-5-7-16-8-10/h10-11H,5-9H2,1-4H3,(H,14,15). The average molecular weight is 259 g/mol. The second kappa shape index (κ2) is 6.64. The minimum absolute atomic E-state index is 0.141. The Morgan fingerprint density at radius 1 is 1.53 bits per heavy atom. The third kappa shape index (κ3) is 4.88. The number of amides is 1. The monoisotopic (exact) mass is 259 g/mol. The number of hydrogen-bond acceptors (Lipinski definition) is 3. The molecule has 0 aromatic rings. The molecule has 1 N–H and O–H groups in total. The maximum atomic E-state index is 12.0. The normalized spacial score (nSPS) is 23.2. The lowest BCUT2D eigenvalue weighted by molar-refractivity contribution is -0.129. The molecule has 1 heterocycles. The van der Waals surface area contributed by atoms with Gasteiger partial charge in [-0.15, -0.1) is 0 Å². The van der Waals surface area contributed by atoms with Crippen LogP contribution in [0, 0.1) is 11.3 Å². The van der Waals surface area contributed by atoms with E-state index in [1.807, 2.05) is 20.8 Å². The number of ether oxygens (including phenoxy) is 1. The van der Waals surface area contributed by atoms with Crippen LogP contribution in [0.1, 0.15) is 33.6 Å². The number of carbonyl (C=O) groups excluding carboxylic acids is 1. The number of nitrogens with one attached hydrogen (secondary N) is 1. The van der Waals surface area contributed by atoms with Crippen LogP contribution in [-0.2, 0) is 9.53 Å². The lowest BCUT2D eigenvalue weighted by Crippen LogP contribution is -2.48. The van der Waals surface area contributed by atoms with E-state index < -0.39 is 0 Å². The van der Waals surface area contributed by atoms with Gasteiger partial charge in [-0.2, -0.15) is 11.8 Å². The van der Waals surface area contributed by atoms with Gasteiger partial charge in [-0.05, 0) is 19.1 Å². The molecular formula is C13H25NO2S. The summed E-state index contributed by atoms with van der Waals surface area (Å²) in [5, 5.41) is 3.19. The molecule has 0 spiro atoms. The zero-order chi connectivity index (χ0) is 12.9. The Hall–Kier alpha value is -0.220. The highest BCUT2D eigenvalue weighted by Crippen LogP contribution is 2.21. The fourth-order valence-corrected chi connectivity index (χ4v) is 2.66. The van der Waals surface area contributed by atoms with E-state index in [9.17, 15) is 4.79 Å². The molecular weight excluding hydrogens is 234 g/mol. The van der Waals surface area contributed by atoms with Gasteiger partial charge in [0.15, 0.2) is 0 Å². The van der Waals surface area contributed by atoms with Gasteiger partial charge >= 0.3 is 0 Å². The minimum atomic E-state index is -0.313. The molecule has 0 aromatic heterocycles. The molecule has 1 aliphatic rings. The highest BCUT2D eigenvalue weighted by Gasteiger charge is 2.29. The summed E-state index contributed by atoms with van der Waals surface area (Å²) in [6.45, 7) is 7.52. The third-order valence-electron chi connectivity index (χ3n) is 3.11. The topological polar surface area (TPSA) is 38.3 Å². The Morgan fingerprint density at radius 2 is 2.24 bits per heavy atom. The number of rotatable bonds is 4. The summed E-state index contributed by atoms with van der Waals surface area (Å²) in [6, 6.07) is 0.247. The van der Waals surface area contributed by atoms with E-state index in [0.29, 0.717) is 5.92 Å². The summed E-state index contributed by atoms with van der Waals surface area (Å²) in [4.78, 5) is 12.0. The van der Waals surface area contributed by atoms with Crippen LogP contribution in [-0.4, -0.2) is 37.2 Å². The van der Waals surface area contributed by atoms with Crippen molar-refractivity contribution in [3.8, 4) is 0 Å². The molecule has 1 saturated heterocycles. The Balaban J connectivity index is 2.55. The van der Waals surface area contributed by atoms with E-state index in [1.54, 1.807) is 11.8 Å². The molecule has 0 radical (unpaired) electrons. The zero-order valence-electron chi connectivity index (χ0n) is 11.4. The molecule has 1 fully saturated rings. The molecule has 0 saturated carbocycles. The molecule has 2 unspecified atom stereocenters. The first kappa shape index (κ1) is 14.8. The predicted octanol–water partition coefficient (Wildman–Crippen LogP) is 2.31. The van der Waals surface area contributed by atoms with Crippen molar-refractivity contribution < 1.29 is 9.53 Å². The summed E-state index contributed by atoms with van der Waals surface area (Å²) >= 11 is 1.79. The summed E-state index contributed by atoms with van der Waals surface area (Å²) in [6.07, 6.45) is 4.36. The first-order chi connectivity index (χ1) is 7.95. The molecule has 3 nitrogen and oxygen atoms in total. The zero-order valence-corrected chi connectivity index (χ0v) is 12.2. The van der Waals surface area contributed by atoms with Crippen LogP contribution in [0.2, 0.25) is 0 Å². The van der Waals surface area contributed by atoms with Gasteiger partial charge in [0.05, 0.1) is 6.61 Å². The van der Waals surface area contributed by atoms with Crippen molar-refractivity contribution in [2.75, 3.05) is 25.2 Å². The SMILES string of the molecule is CSCC(NC(=O)C(C)(C)C)C1CCCOC1. The van der Waals surface area contributed by atoms with Crippen molar-refractivity contribution >= 4 is 17.7 Å². The van der Waals surface area contributed by atoms with Crippen molar-refractivity contribution in [3.05, 3.63) is 0 Å². The second-order valence-electron chi connectivity index (χ2n) is 5.76. The van der Waals surface area contributed by atoms with Gasteiger partial charge in [-0.1, -0.05) is 20.8 Å². The van der Waals surface area contributed by atoms with Crippen LogP contribution < -0.4 is 5.32 Å². The fourth-order valence-electron chi connectivity index (χ4n) is 1.94. The third-order valence-corrected chi connectivity index (χ3v) is 3.80. The van der Waals surface area contributed by atoms with Crippen molar-refractivity contribution in [2.45, 2.75) is 39.7 Å². The predicted molar refractivity (Wildman–Crippen MR) is 73.3 cm³/mol. The summed E-state index contributed by atoms with van der Waals surface area (Å²) in [5.74, 6) is 1.58. The molecule has 4 heteroatoms. The maximum Gasteiger partial charge on any atom is 0.225 e. The van der Waals surface area contributed by atoms with Crippen molar-refractivity contribution in [2.24, 2.45) is 11.3 Å². The Morgan fingerprint density at radius 3 is 2.71 bits per heavy atom. The van der Waals surface area contributed by atoms with Crippen molar-refractivity contribution in [1.82, 2.24) is 5.32 Å². The number of hydrogen-bond donors (Lipinski definition) is 1. The Labute approximate surface area is 109 Å². The molecule has 1 amide bonds. The maximum absolute atomic E-state index is 12.0. The van der Waals surface area contributed by atoms with Gasteiger partial charge in [0.1, 0.15) is 0 Å². The summed E-state index contributed by atoms with van der Waals surface area (Å²) in [5.41, 5.74) is -0.313. The molecule has 1 rings (SSSR count). The average Bonchev–Trinajstić information content (AvgIpc) is 2.28. The Kier molecular flexibility index (Phi) is 5.80. The van der Waals surface area contributed by atoms with E-state index in [1.165, 1.54) is 0 Å². The van der Waals surface area contributed by atoms with Crippen LogP contribution in [0.3, 0.4) is 0 Å². The smallest absolute Gasteiger partial charge is 0.225 e. The highest BCUT2D eigenvalue weighted by molar-refractivity contribution is 7.98. The first-order valence-electron chi connectivity index (χ1n) is 6.33. The molecule has 0 aliphatic carbocycles. The Bertz CT molecular complexity index is 244. The summed E-state index contributed by atoms with van der Waals surface area (Å²) < 4.78 is 5.52. The van der Waals surface area contributed by atoms with Crippen molar-refractivity contribution in [3.63, 3.8) is 0 Å². The van der Waals surface area contributed by atoms with Gasteiger partial charge in [0.25, 0.3) is 0 Å². The van der Waals surface area contributed by atoms with Gasteiger partial charge in [0.2, 0.25) is 5.91 Å². The van der Waals surface area contributed by atoms with E-state index in [0.717, 1.165) is 31.8 Å². The minimum Gasteiger partial charge on any atom is -0.381 e. The van der Waals surface area contributed by atoms with E-state index >= 15 is 0 Å². The number of thioether (sulfide) groups is 1. The fraction of sp³-hybridized carbons (Fsp3) is 0.923. The largest absolute Gasteiger partial charge is 0.381 e. The van der Waals surface area contributed by atoms with E-state index in [2.05, 4.69) is 11.6 Å². The van der Waals surface area contributed by atoms with Crippen LogP contribution >= 0.6 is 11.8 Å². The van der Waals surface area contributed by atoms with Crippen LogP contribution in [0.25, 0.3) is 0 Å². The van der Waals surface area contributed by atoms with E-state index in [-0.39, 0.29) is 17.4 Å². The molecule has 100 valence electrons. The number of carbonyl (C=O) groups is 1. The molecule has 0 bridgehead atoms. The van der Waals surface area contributed by atoms with E-state index in [4.69, 9.17) is 4.74 Å². The van der Waals surface area contributed by atoms with Gasteiger partial charge in [0, 0.05) is 29.7 Å². The van der Waals surface area contributed by atoms with Gasteiger partial charge in [-0.3, -0.25) is 4.79 Å². The van der Waals surface area contributed by atoms with Crippen LogP contribution in [0.4, 0.5) is 0 Å². The lowest BCUT2D eigenvalue weighted by atomic mass is 9.91. The molecule has 17 heavy (non-hydrogen) atoms. The van der Waals surface area contributed by atoms with Gasteiger partial charge in [-0.25, -0.2) is 0 Å². The highest BCUT2D eigenvalue weighted by atomic mass is 32.2. The van der Waals surface area contributed by atoms with Gasteiger partial charge < -0.3 is 10.1 Å². The molecule has 1 aliphatic heterocycles. The van der Waals surface area contributed by atoms with Crippen molar-refractivity contribution in [1.29, 1.82) is 0 Å². The molecule has 0 aromatic carbocycles. The van der Waals surface area contributed by atoms with Crippen LogP contribution in [0.5, 0.6) is 0 Å².